The Morgan fingerprint density at radius 1 is 1.64 bits per heavy atom. The Morgan fingerprint density at radius 2 is 2.43 bits per heavy atom. The van der Waals surface area contributed by atoms with Crippen molar-refractivity contribution in [3.63, 3.8) is 0 Å². The van der Waals surface area contributed by atoms with E-state index in [0.717, 1.165) is 0 Å². The number of amides is 1. The van der Waals surface area contributed by atoms with Crippen LogP contribution in [0.25, 0.3) is 0 Å². The van der Waals surface area contributed by atoms with Gasteiger partial charge in [-0.1, -0.05) is 5.10 Å². The monoisotopic (exact) mass is 216 g/mol. The number of ether oxygens (including phenoxy) is 1. The summed E-state index contributed by atoms with van der Waals surface area (Å²) in [6.45, 7) is 0.446. The van der Waals surface area contributed by atoms with Gasteiger partial charge in [0.25, 0.3) is 5.19 Å². The molecule has 0 bridgehead atoms. The van der Waals surface area contributed by atoms with Gasteiger partial charge in [-0.3, -0.25) is 4.79 Å². The lowest BCUT2D eigenvalue weighted by molar-refractivity contribution is -0.120. The Hall–Kier alpha value is -1.37. The summed E-state index contributed by atoms with van der Waals surface area (Å²) in [5, 5.41) is 10.6. The number of nitrogens with zero attached hydrogens (tertiary/aromatic N) is 2. The number of nitrogen functional groups attached to an aromatic ring is 1. The van der Waals surface area contributed by atoms with Crippen LogP contribution in [0.5, 0.6) is 5.19 Å². The molecule has 1 aromatic heterocycles. The summed E-state index contributed by atoms with van der Waals surface area (Å²) in [7, 11) is 1.61. The zero-order chi connectivity index (χ0) is 10.4. The average Bonchev–Trinajstić information content (AvgIpc) is 2.58. The maximum absolute atomic E-state index is 10.8. The number of carbonyl (C=O) groups is 1. The van der Waals surface area contributed by atoms with Crippen LogP contribution in [0.2, 0.25) is 0 Å². The van der Waals surface area contributed by atoms with Crippen LogP contribution in [-0.2, 0) is 4.79 Å². The van der Waals surface area contributed by atoms with Gasteiger partial charge in [0.1, 0.15) is 0 Å². The highest BCUT2D eigenvalue weighted by atomic mass is 32.1. The molecular formula is C7H12N4O2S. The van der Waals surface area contributed by atoms with Crippen LogP contribution in [0.4, 0.5) is 5.13 Å². The molecule has 6 nitrogen and oxygen atoms in total. The van der Waals surface area contributed by atoms with Crippen LogP contribution in [0.15, 0.2) is 0 Å². The van der Waals surface area contributed by atoms with Gasteiger partial charge in [0.05, 0.1) is 6.61 Å². The van der Waals surface area contributed by atoms with E-state index < -0.39 is 0 Å². The molecule has 0 spiro atoms. The molecule has 0 saturated heterocycles. The Balaban J connectivity index is 2.13. The molecule has 14 heavy (non-hydrogen) atoms. The van der Waals surface area contributed by atoms with Gasteiger partial charge in [-0.25, -0.2) is 0 Å². The van der Waals surface area contributed by atoms with Crippen LogP contribution >= 0.6 is 11.3 Å². The van der Waals surface area contributed by atoms with Gasteiger partial charge >= 0.3 is 0 Å². The number of hydrogen-bond acceptors (Lipinski definition) is 6. The topological polar surface area (TPSA) is 90.1 Å². The fourth-order valence-electron chi connectivity index (χ4n) is 0.796. The molecule has 7 heteroatoms. The lowest BCUT2D eigenvalue weighted by atomic mass is 10.3. The summed E-state index contributed by atoms with van der Waals surface area (Å²) >= 11 is 1.19. The minimum absolute atomic E-state index is 0.00498. The molecule has 1 aromatic rings. The molecule has 0 aliphatic carbocycles. The number of carbonyl (C=O) groups excluding carboxylic acids is 1. The van der Waals surface area contributed by atoms with E-state index in [9.17, 15) is 4.79 Å². The maximum atomic E-state index is 10.8. The Bertz CT molecular complexity index is 302. The molecule has 0 radical (unpaired) electrons. The van der Waals surface area contributed by atoms with Crippen molar-refractivity contribution in [1.82, 2.24) is 15.5 Å². The first-order chi connectivity index (χ1) is 6.72. The molecule has 0 aliphatic heterocycles. The highest BCUT2D eigenvalue weighted by Gasteiger charge is 2.02. The molecule has 1 rings (SSSR count). The van der Waals surface area contributed by atoms with Crippen molar-refractivity contribution in [1.29, 1.82) is 0 Å². The molecule has 78 valence electrons. The first kappa shape index (κ1) is 10.7. The zero-order valence-corrected chi connectivity index (χ0v) is 8.63. The Morgan fingerprint density at radius 3 is 3.00 bits per heavy atom. The summed E-state index contributed by atoms with van der Waals surface area (Å²) in [4.78, 5) is 10.8. The van der Waals surface area contributed by atoms with Crippen LogP contribution in [0, 0.1) is 0 Å². The predicted octanol–water partition coefficient (Wildman–Crippen LogP) is 0.0253. The minimum Gasteiger partial charge on any atom is -0.469 e. The lowest BCUT2D eigenvalue weighted by Gasteiger charge is -2.00. The molecular weight excluding hydrogens is 204 g/mol. The summed E-state index contributed by atoms with van der Waals surface area (Å²) in [6.07, 6.45) is 1.10. The first-order valence-electron chi connectivity index (χ1n) is 4.14. The molecule has 0 aliphatic rings. The molecule has 0 saturated carbocycles. The van der Waals surface area contributed by atoms with Gasteiger partial charge in [-0.05, 0) is 17.8 Å². The van der Waals surface area contributed by atoms with Crippen molar-refractivity contribution in [3.8, 4) is 5.19 Å². The summed E-state index contributed by atoms with van der Waals surface area (Å²) < 4.78 is 5.21. The summed E-state index contributed by atoms with van der Waals surface area (Å²) in [6, 6.07) is 0. The highest BCUT2D eigenvalue weighted by Crippen LogP contribution is 2.18. The quantitative estimate of drug-likeness (QED) is 0.677. The highest BCUT2D eigenvalue weighted by molar-refractivity contribution is 7.16. The van der Waals surface area contributed by atoms with E-state index in [1.54, 1.807) is 7.05 Å². The van der Waals surface area contributed by atoms with E-state index in [-0.39, 0.29) is 5.91 Å². The number of nitrogens with one attached hydrogen (secondary N) is 1. The number of aromatic nitrogens is 2. The normalized spacial score (nSPS) is 9.79. The second-order valence-electron chi connectivity index (χ2n) is 2.53. The fraction of sp³-hybridized carbons (Fsp3) is 0.571. The molecule has 0 aromatic carbocycles. The fourth-order valence-corrected chi connectivity index (χ4v) is 1.28. The smallest absolute Gasteiger partial charge is 0.295 e. The predicted molar refractivity (Wildman–Crippen MR) is 53.1 cm³/mol. The van der Waals surface area contributed by atoms with Crippen molar-refractivity contribution >= 4 is 22.4 Å². The Kier molecular flexibility index (Phi) is 4.11. The zero-order valence-electron chi connectivity index (χ0n) is 7.82. The molecule has 1 amide bonds. The molecule has 3 N–H and O–H groups in total. The van der Waals surface area contributed by atoms with Crippen molar-refractivity contribution < 1.29 is 9.53 Å². The first-order valence-corrected chi connectivity index (χ1v) is 4.96. The van der Waals surface area contributed by atoms with Crippen molar-refractivity contribution in [2.75, 3.05) is 19.4 Å². The van der Waals surface area contributed by atoms with Crippen molar-refractivity contribution in [2.45, 2.75) is 12.8 Å². The lowest BCUT2D eigenvalue weighted by Crippen LogP contribution is -2.18. The summed E-state index contributed by atoms with van der Waals surface area (Å²) in [5.41, 5.74) is 5.35. The maximum Gasteiger partial charge on any atom is 0.295 e. The molecule has 0 fully saturated rings. The standard InChI is InChI=1S/C7H12N4O2S/c1-9-5(12)3-2-4-13-7-11-10-6(8)14-7/h2-4H2,1H3,(H2,8,10)(H,9,12). The largest absolute Gasteiger partial charge is 0.469 e. The Labute approximate surface area is 85.5 Å². The number of rotatable bonds is 5. The van der Waals surface area contributed by atoms with Crippen LogP contribution < -0.4 is 15.8 Å². The van der Waals surface area contributed by atoms with Gasteiger partial charge in [0, 0.05) is 13.5 Å². The van der Waals surface area contributed by atoms with Crippen LogP contribution in [0.1, 0.15) is 12.8 Å². The third kappa shape index (κ3) is 3.56. The van der Waals surface area contributed by atoms with Crippen molar-refractivity contribution in [2.24, 2.45) is 0 Å². The van der Waals surface area contributed by atoms with Gasteiger partial charge in [-0.2, -0.15) is 0 Å². The number of hydrogen-bond donors (Lipinski definition) is 2. The second kappa shape index (κ2) is 5.38. The van der Waals surface area contributed by atoms with E-state index >= 15 is 0 Å². The molecule has 1 heterocycles. The SMILES string of the molecule is CNC(=O)CCCOc1nnc(N)s1. The van der Waals surface area contributed by atoms with Gasteiger partial charge in [0.2, 0.25) is 11.0 Å². The number of nitrogens with two attached hydrogens (primary N) is 1. The molecule has 0 atom stereocenters. The minimum atomic E-state index is 0.00498. The van der Waals surface area contributed by atoms with Crippen LogP contribution in [-0.4, -0.2) is 29.8 Å². The van der Waals surface area contributed by atoms with E-state index in [1.165, 1.54) is 11.3 Å². The van der Waals surface area contributed by atoms with Gasteiger partial charge in [0.15, 0.2) is 0 Å². The summed E-state index contributed by atoms with van der Waals surface area (Å²) in [5.74, 6) is 0.00498. The third-order valence-corrected chi connectivity index (χ3v) is 2.14. The van der Waals surface area contributed by atoms with Gasteiger partial charge in [-0.15, -0.1) is 5.10 Å². The third-order valence-electron chi connectivity index (χ3n) is 1.47. The number of anilines is 1. The van der Waals surface area contributed by atoms with E-state index in [4.69, 9.17) is 10.5 Å². The van der Waals surface area contributed by atoms with E-state index in [2.05, 4.69) is 15.5 Å². The molecule has 0 unspecified atom stereocenters. The average molecular weight is 216 g/mol. The van der Waals surface area contributed by atoms with E-state index in [1.807, 2.05) is 0 Å². The van der Waals surface area contributed by atoms with E-state index in [0.29, 0.717) is 29.8 Å². The van der Waals surface area contributed by atoms with Gasteiger partial charge < -0.3 is 15.8 Å². The van der Waals surface area contributed by atoms with Crippen molar-refractivity contribution in [3.05, 3.63) is 0 Å². The van der Waals surface area contributed by atoms with Crippen LogP contribution in [0.3, 0.4) is 0 Å². The second-order valence-corrected chi connectivity index (χ2v) is 3.50.